The highest BCUT2D eigenvalue weighted by molar-refractivity contribution is 5.72. The third-order valence-electron chi connectivity index (χ3n) is 4.83. The van der Waals surface area contributed by atoms with Crippen molar-refractivity contribution < 1.29 is 20.0 Å². The maximum atomic E-state index is 12.8. The first kappa shape index (κ1) is 16.1. The third-order valence-corrected chi connectivity index (χ3v) is 4.83. The lowest BCUT2D eigenvalue weighted by atomic mass is 9.87. The zero-order chi connectivity index (χ0) is 17.0. The molecule has 1 aromatic rings. The minimum absolute atomic E-state index is 0.0226. The lowest BCUT2D eigenvalue weighted by molar-refractivity contribution is -0.256. The Morgan fingerprint density at radius 2 is 2.00 bits per heavy atom. The molecule has 1 fully saturated rings. The Balaban J connectivity index is 1.99. The molecule has 126 valence electrons. The van der Waals surface area contributed by atoms with Gasteiger partial charge in [-0.25, -0.2) is 4.79 Å². The van der Waals surface area contributed by atoms with Crippen LogP contribution in [0, 0.1) is 0 Å². The number of ether oxygens (including phenoxy) is 2. The SMILES string of the molecule is COc1cc2c(cc1[NH3+])CC1(CC1)N(C(=O)OC(C)(C)C)C2C. The first-order chi connectivity index (χ1) is 10.7. The van der Waals surface area contributed by atoms with Crippen molar-refractivity contribution in [2.24, 2.45) is 0 Å². The Morgan fingerprint density at radius 3 is 2.52 bits per heavy atom. The van der Waals surface area contributed by atoms with Crippen LogP contribution in [0.25, 0.3) is 0 Å². The Bertz CT molecular complexity index is 644. The van der Waals surface area contributed by atoms with E-state index in [1.807, 2.05) is 31.7 Å². The lowest BCUT2D eigenvalue weighted by Gasteiger charge is -2.43. The Hall–Kier alpha value is -1.75. The highest BCUT2D eigenvalue weighted by Crippen LogP contribution is 2.53. The third kappa shape index (κ3) is 2.78. The van der Waals surface area contributed by atoms with E-state index in [4.69, 9.17) is 9.47 Å². The number of hydrogen-bond acceptors (Lipinski definition) is 3. The lowest BCUT2D eigenvalue weighted by Crippen LogP contribution is -2.50. The number of nitrogens with zero attached hydrogens (tertiary/aromatic N) is 1. The predicted molar refractivity (Wildman–Crippen MR) is 87.7 cm³/mol. The van der Waals surface area contributed by atoms with Gasteiger partial charge in [0.2, 0.25) is 0 Å². The number of methoxy groups -OCH3 is 1. The van der Waals surface area contributed by atoms with Crippen LogP contribution in [0.1, 0.15) is 57.7 Å². The average molecular weight is 319 g/mol. The molecule has 5 heteroatoms. The van der Waals surface area contributed by atoms with Crippen LogP contribution in [0.3, 0.4) is 0 Å². The molecule has 5 nitrogen and oxygen atoms in total. The van der Waals surface area contributed by atoms with Crippen molar-refractivity contribution in [1.29, 1.82) is 0 Å². The van der Waals surface area contributed by atoms with Gasteiger partial charge in [0.1, 0.15) is 5.60 Å². The zero-order valence-corrected chi connectivity index (χ0v) is 14.7. The maximum absolute atomic E-state index is 12.8. The van der Waals surface area contributed by atoms with E-state index in [1.54, 1.807) is 7.11 Å². The molecule has 1 atom stereocenters. The van der Waals surface area contributed by atoms with E-state index < -0.39 is 5.60 Å². The number of amides is 1. The van der Waals surface area contributed by atoms with E-state index in [0.717, 1.165) is 36.3 Å². The number of benzene rings is 1. The summed E-state index contributed by atoms with van der Waals surface area (Å²) in [6.45, 7) is 7.80. The minimum Gasteiger partial charge on any atom is -0.491 e. The Labute approximate surface area is 137 Å². The molecule has 1 spiro atoms. The van der Waals surface area contributed by atoms with Crippen LogP contribution in [-0.2, 0) is 11.2 Å². The van der Waals surface area contributed by atoms with E-state index in [0.29, 0.717) is 0 Å². The van der Waals surface area contributed by atoms with Crippen LogP contribution in [-0.4, -0.2) is 29.2 Å². The predicted octanol–water partition coefficient (Wildman–Crippen LogP) is 2.96. The molecular weight excluding hydrogens is 292 g/mol. The van der Waals surface area contributed by atoms with E-state index >= 15 is 0 Å². The minimum atomic E-state index is -0.484. The first-order valence-corrected chi connectivity index (χ1v) is 8.22. The summed E-state index contributed by atoms with van der Waals surface area (Å²) in [6.07, 6.45) is 2.73. The van der Waals surface area contributed by atoms with Crippen molar-refractivity contribution in [2.45, 2.75) is 64.1 Å². The van der Waals surface area contributed by atoms with Crippen LogP contribution in [0.4, 0.5) is 10.5 Å². The molecule has 1 aliphatic heterocycles. The largest absolute Gasteiger partial charge is 0.491 e. The van der Waals surface area contributed by atoms with Crippen LogP contribution in [0.5, 0.6) is 5.75 Å². The summed E-state index contributed by atoms with van der Waals surface area (Å²) in [5.74, 6) is 0.770. The highest BCUT2D eigenvalue weighted by Gasteiger charge is 2.56. The van der Waals surface area contributed by atoms with Crippen molar-refractivity contribution in [3.05, 3.63) is 23.3 Å². The molecule has 23 heavy (non-hydrogen) atoms. The average Bonchev–Trinajstić information content (AvgIpc) is 3.15. The van der Waals surface area contributed by atoms with Crippen molar-refractivity contribution in [3.63, 3.8) is 0 Å². The van der Waals surface area contributed by atoms with Crippen LogP contribution in [0.15, 0.2) is 12.1 Å². The first-order valence-electron chi connectivity index (χ1n) is 8.22. The van der Waals surface area contributed by atoms with Gasteiger partial charge in [-0.2, -0.15) is 0 Å². The summed E-state index contributed by atoms with van der Waals surface area (Å²) in [5, 5.41) is 0. The van der Waals surface area contributed by atoms with Gasteiger partial charge in [0.25, 0.3) is 0 Å². The van der Waals surface area contributed by atoms with Gasteiger partial charge in [0, 0.05) is 6.07 Å². The molecule has 0 saturated heterocycles. The second kappa shape index (κ2) is 5.13. The molecule has 1 unspecified atom stereocenters. The van der Waals surface area contributed by atoms with Crippen molar-refractivity contribution in [2.75, 3.05) is 7.11 Å². The fraction of sp³-hybridized carbons (Fsp3) is 0.611. The number of quaternary nitrogens is 1. The molecule has 0 aromatic heterocycles. The smallest absolute Gasteiger partial charge is 0.411 e. The van der Waals surface area contributed by atoms with Gasteiger partial charge in [0.05, 0.1) is 18.7 Å². The highest BCUT2D eigenvalue weighted by atomic mass is 16.6. The fourth-order valence-electron chi connectivity index (χ4n) is 3.64. The monoisotopic (exact) mass is 319 g/mol. The van der Waals surface area contributed by atoms with E-state index in [9.17, 15) is 4.79 Å². The molecule has 1 saturated carbocycles. The molecule has 3 N–H and O–H groups in total. The van der Waals surface area contributed by atoms with Gasteiger partial charge < -0.3 is 15.2 Å². The van der Waals surface area contributed by atoms with Gasteiger partial charge in [0.15, 0.2) is 11.4 Å². The molecule has 1 heterocycles. The summed E-state index contributed by atoms with van der Waals surface area (Å²) in [4.78, 5) is 14.7. The molecule has 1 aliphatic carbocycles. The second-order valence-corrected chi connectivity index (χ2v) is 7.79. The summed E-state index contributed by atoms with van der Waals surface area (Å²) in [6, 6.07) is 4.11. The Kier molecular flexibility index (Phi) is 3.59. The number of hydrogen-bond donors (Lipinski definition) is 1. The van der Waals surface area contributed by atoms with Gasteiger partial charge >= 0.3 is 6.09 Å². The molecule has 0 radical (unpaired) electrons. The fourth-order valence-corrected chi connectivity index (χ4v) is 3.64. The molecule has 0 bridgehead atoms. The number of fused-ring (bicyclic) bond motifs is 1. The molecular formula is C18H27N2O3+. The summed E-state index contributed by atoms with van der Waals surface area (Å²) >= 11 is 0. The number of rotatable bonds is 1. The van der Waals surface area contributed by atoms with Gasteiger partial charge in [-0.3, -0.25) is 4.90 Å². The van der Waals surface area contributed by atoms with Crippen LogP contribution in [0.2, 0.25) is 0 Å². The maximum Gasteiger partial charge on any atom is 0.411 e. The van der Waals surface area contributed by atoms with Gasteiger partial charge in [-0.05, 0) is 64.2 Å². The summed E-state index contributed by atoms with van der Waals surface area (Å²) in [7, 11) is 1.65. The van der Waals surface area contributed by atoms with Crippen LogP contribution >= 0.6 is 0 Å². The number of carbonyl (C=O) groups excluding carboxylic acids is 1. The molecule has 1 aromatic carbocycles. The van der Waals surface area contributed by atoms with Crippen molar-refractivity contribution in [3.8, 4) is 5.75 Å². The molecule has 3 rings (SSSR count). The molecule has 1 amide bonds. The van der Waals surface area contributed by atoms with E-state index in [-0.39, 0.29) is 17.7 Å². The Morgan fingerprint density at radius 1 is 1.35 bits per heavy atom. The standard InChI is InChI=1S/C18H26N2O3/c1-11-13-9-15(22-5)14(19)8-12(13)10-18(6-7-18)20(11)16(21)23-17(2,3)4/h8-9,11H,6-7,10,19H2,1-5H3/p+1. The second-order valence-electron chi connectivity index (χ2n) is 7.79. The van der Waals surface area contributed by atoms with E-state index in [2.05, 4.69) is 18.7 Å². The zero-order valence-electron chi connectivity index (χ0n) is 14.7. The summed E-state index contributed by atoms with van der Waals surface area (Å²) < 4.78 is 11.1. The van der Waals surface area contributed by atoms with Gasteiger partial charge in [-0.1, -0.05) is 0 Å². The van der Waals surface area contributed by atoms with Gasteiger partial charge in [-0.15, -0.1) is 0 Å². The van der Waals surface area contributed by atoms with Crippen molar-refractivity contribution >= 4 is 11.8 Å². The number of carbonyl (C=O) groups is 1. The normalized spacial score (nSPS) is 21.8. The van der Waals surface area contributed by atoms with Crippen molar-refractivity contribution in [1.82, 2.24) is 4.90 Å². The quantitative estimate of drug-likeness (QED) is 0.865. The molecule has 2 aliphatic rings. The topological polar surface area (TPSA) is 66.4 Å². The van der Waals surface area contributed by atoms with Crippen LogP contribution < -0.4 is 10.5 Å². The van der Waals surface area contributed by atoms with E-state index in [1.165, 1.54) is 5.56 Å². The summed E-state index contributed by atoms with van der Waals surface area (Å²) in [5.41, 5.74) is 6.83.